The van der Waals surface area contributed by atoms with Crippen LogP contribution in [0.1, 0.15) is 6.42 Å². The van der Waals surface area contributed by atoms with Crippen LogP contribution in [0.15, 0.2) is 121 Å². The Kier molecular flexibility index (Phi) is 8.91. The molecule has 4 aromatic carbocycles. The van der Waals surface area contributed by atoms with E-state index in [2.05, 4.69) is 121 Å². The van der Waals surface area contributed by atoms with Crippen molar-refractivity contribution in [3.63, 3.8) is 0 Å². The molecule has 0 aliphatic rings. The second-order valence-electron chi connectivity index (χ2n) is 7.11. The summed E-state index contributed by atoms with van der Waals surface area (Å²) in [6, 6.07) is 44.0. The molecule has 0 N–H and O–H groups in total. The van der Waals surface area contributed by atoms with E-state index in [4.69, 9.17) is 9.53 Å². The molecule has 0 nitrogen and oxygen atoms in total. The molecular formula is C27H25ClP2Pd. The first-order valence-corrected chi connectivity index (χ1v) is 16.2. The molecule has 31 heavy (non-hydrogen) atoms. The summed E-state index contributed by atoms with van der Waals surface area (Å²) >= 11 is 0.186. The van der Waals surface area contributed by atoms with Crippen LogP contribution in [0.4, 0.5) is 0 Å². The Labute approximate surface area is 200 Å². The van der Waals surface area contributed by atoms with Crippen molar-refractivity contribution in [1.82, 2.24) is 0 Å². The molecule has 1 atom stereocenters. The van der Waals surface area contributed by atoms with Crippen molar-refractivity contribution >= 4 is 46.6 Å². The minimum atomic E-state index is -0.482. The van der Waals surface area contributed by atoms with Crippen LogP contribution < -0.4 is 21.2 Å². The molecule has 1 unspecified atom stereocenters. The molecule has 160 valence electrons. The predicted molar refractivity (Wildman–Crippen MR) is 137 cm³/mol. The maximum atomic E-state index is 6.71. The van der Waals surface area contributed by atoms with Gasteiger partial charge in [-0.15, -0.1) is 0 Å². The molecule has 4 heteroatoms. The van der Waals surface area contributed by atoms with E-state index in [0.29, 0.717) is 4.13 Å². The summed E-state index contributed by atoms with van der Waals surface area (Å²) in [5.74, 6) is 0. The van der Waals surface area contributed by atoms with Gasteiger partial charge in [0.25, 0.3) is 0 Å². The van der Waals surface area contributed by atoms with Crippen LogP contribution in [-0.2, 0) is 17.0 Å². The Morgan fingerprint density at radius 3 is 1.26 bits per heavy atom. The maximum absolute atomic E-state index is 6.71. The van der Waals surface area contributed by atoms with Crippen LogP contribution in [0.2, 0.25) is 0 Å². The third-order valence-corrected chi connectivity index (χ3v) is 14.2. The second kappa shape index (κ2) is 12.1. The van der Waals surface area contributed by atoms with E-state index in [9.17, 15) is 0 Å². The molecule has 0 aromatic heterocycles. The van der Waals surface area contributed by atoms with Gasteiger partial charge in [0.05, 0.1) is 0 Å². The Bertz CT molecular complexity index is 951. The topological polar surface area (TPSA) is 0 Å². The fraction of sp³-hybridized carbons (Fsp3) is 0.111. The van der Waals surface area contributed by atoms with Gasteiger partial charge in [-0.2, -0.15) is 0 Å². The molecule has 0 bridgehead atoms. The van der Waals surface area contributed by atoms with Gasteiger partial charge < -0.3 is 0 Å². The number of benzene rings is 4. The normalized spacial score (nSPS) is 12.4. The first-order chi connectivity index (χ1) is 15.4. The van der Waals surface area contributed by atoms with Crippen molar-refractivity contribution in [2.75, 3.05) is 6.16 Å². The van der Waals surface area contributed by atoms with Crippen LogP contribution >= 0.6 is 25.4 Å². The first kappa shape index (κ1) is 22.9. The van der Waals surface area contributed by atoms with Gasteiger partial charge in [-0.25, -0.2) is 0 Å². The summed E-state index contributed by atoms with van der Waals surface area (Å²) in [5.41, 5.74) is 0. The Hall–Kier alpha value is -1.31. The van der Waals surface area contributed by atoms with Gasteiger partial charge in [0.2, 0.25) is 0 Å². The third-order valence-electron chi connectivity index (χ3n) is 5.12. The monoisotopic (exact) mass is 552 g/mol. The van der Waals surface area contributed by atoms with Crippen LogP contribution in [0.5, 0.6) is 0 Å². The van der Waals surface area contributed by atoms with Crippen molar-refractivity contribution in [3.8, 4) is 0 Å². The molecule has 4 rings (SSSR count). The number of rotatable bonds is 9. The van der Waals surface area contributed by atoms with Crippen LogP contribution in [0, 0.1) is 0 Å². The van der Waals surface area contributed by atoms with Gasteiger partial charge in [0, 0.05) is 0 Å². The summed E-state index contributed by atoms with van der Waals surface area (Å²) in [7, 11) is 5.84. The van der Waals surface area contributed by atoms with E-state index in [0.717, 1.165) is 12.6 Å². The Balaban J connectivity index is 1.63. The SMILES string of the molecule is [Cl][Pd][CH](CCP(c1ccccc1)c1ccccc1)P(c1ccccc1)c1ccccc1. The van der Waals surface area contributed by atoms with E-state index in [1.165, 1.54) is 21.2 Å². The average Bonchev–Trinajstić information content (AvgIpc) is 2.86. The van der Waals surface area contributed by atoms with Crippen LogP contribution in [0.3, 0.4) is 0 Å². The quantitative estimate of drug-likeness (QED) is 0.171. The Morgan fingerprint density at radius 1 is 0.548 bits per heavy atom. The molecule has 0 saturated heterocycles. The summed E-state index contributed by atoms with van der Waals surface area (Å²) in [5, 5.41) is 5.76. The number of halogens is 1. The van der Waals surface area contributed by atoms with E-state index >= 15 is 0 Å². The molecule has 0 aliphatic heterocycles. The van der Waals surface area contributed by atoms with Crippen LogP contribution in [-0.4, -0.2) is 10.3 Å². The molecule has 4 aromatic rings. The van der Waals surface area contributed by atoms with Gasteiger partial charge in [-0.1, -0.05) is 0 Å². The minimum absolute atomic E-state index is 0.186. The molecular weight excluding hydrogens is 528 g/mol. The van der Waals surface area contributed by atoms with E-state index in [1.807, 2.05) is 0 Å². The van der Waals surface area contributed by atoms with Crippen LogP contribution in [0.25, 0.3) is 0 Å². The van der Waals surface area contributed by atoms with Crippen molar-refractivity contribution < 1.29 is 17.0 Å². The van der Waals surface area contributed by atoms with Gasteiger partial charge in [0.15, 0.2) is 0 Å². The average molecular weight is 553 g/mol. The zero-order valence-electron chi connectivity index (χ0n) is 17.1. The van der Waals surface area contributed by atoms with Crippen molar-refractivity contribution in [2.45, 2.75) is 10.6 Å². The van der Waals surface area contributed by atoms with Gasteiger partial charge in [-0.05, 0) is 0 Å². The summed E-state index contributed by atoms with van der Waals surface area (Å²) in [6.07, 6.45) is 2.31. The summed E-state index contributed by atoms with van der Waals surface area (Å²) in [6.45, 7) is 0. The fourth-order valence-electron chi connectivity index (χ4n) is 3.68. The van der Waals surface area contributed by atoms with E-state index in [1.54, 1.807) is 0 Å². The fourth-order valence-corrected chi connectivity index (χ4v) is 12.7. The molecule has 0 aliphatic carbocycles. The molecule has 0 fully saturated rings. The molecule has 0 saturated carbocycles. The third kappa shape index (κ3) is 6.14. The molecule has 0 spiro atoms. The van der Waals surface area contributed by atoms with E-state index < -0.39 is 15.8 Å². The summed E-state index contributed by atoms with van der Waals surface area (Å²) < 4.78 is 0.493. The standard InChI is InChI=1S/C27H25P2.ClH.Pd/c1-5-14-24(15-6-1)28(25-16-7-2-8-17-25)22-13-23-29(26-18-9-3-10-19-26)27-20-11-4-12-21-27;;/h1-12,14-22H,13,23H2;1H;/q;;+1/p-1. The second-order valence-corrected chi connectivity index (χ2v) is 14.7. The van der Waals surface area contributed by atoms with Gasteiger partial charge in [0.1, 0.15) is 0 Å². The zero-order valence-corrected chi connectivity index (χ0v) is 21.2. The van der Waals surface area contributed by atoms with Crippen molar-refractivity contribution in [1.29, 1.82) is 0 Å². The molecule has 0 amide bonds. The summed E-state index contributed by atoms with van der Waals surface area (Å²) in [4.78, 5) is 0. The van der Waals surface area contributed by atoms with Gasteiger partial charge in [-0.3, -0.25) is 0 Å². The first-order valence-electron chi connectivity index (χ1n) is 10.3. The number of hydrogen-bond acceptors (Lipinski definition) is 0. The molecule has 0 radical (unpaired) electrons. The molecule has 0 heterocycles. The van der Waals surface area contributed by atoms with E-state index in [-0.39, 0.29) is 17.0 Å². The predicted octanol–water partition coefficient (Wildman–Crippen LogP) is 6.20. The zero-order chi connectivity index (χ0) is 21.3. The Morgan fingerprint density at radius 2 is 0.903 bits per heavy atom. The number of hydrogen-bond donors (Lipinski definition) is 0. The van der Waals surface area contributed by atoms with Crippen molar-refractivity contribution in [3.05, 3.63) is 121 Å². The van der Waals surface area contributed by atoms with Gasteiger partial charge >= 0.3 is 202 Å². The van der Waals surface area contributed by atoms with Crippen molar-refractivity contribution in [2.24, 2.45) is 0 Å².